The van der Waals surface area contributed by atoms with Crippen molar-refractivity contribution in [2.45, 2.75) is 18.9 Å². The summed E-state index contributed by atoms with van der Waals surface area (Å²) < 4.78 is 41.5. The first kappa shape index (κ1) is 21.9. The van der Waals surface area contributed by atoms with Crippen LogP contribution >= 0.6 is 0 Å². The van der Waals surface area contributed by atoms with Crippen molar-refractivity contribution in [2.24, 2.45) is 0 Å². The fourth-order valence-corrected chi connectivity index (χ4v) is 3.14. The largest absolute Gasteiger partial charge is 0.497 e. The van der Waals surface area contributed by atoms with Crippen molar-refractivity contribution in [1.29, 1.82) is 0 Å². The van der Waals surface area contributed by atoms with E-state index in [9.17, 15) is 23.2 Å². The van der Waals surface area contributed by atoms with Gasteiger partial charge in [0.15, 0.2) is 11.6 Å². The summed E-state index contributed by atoms with van der Waals surface area (Å²) in [5.74, 6) is -2.95. The molecule has 31 heavy (non-hydrogen) atoms. The number of hydrogen-bond acceptors (Lipinski definition) is 6. The molecule has 0 bridgehead atoms. The molecular weight excluding hydrogens is 412 g/mol. The normalized spacial score (nSPS) is 11.7. The van der Waals surface area contributed by atoms with E-state index in [1.165, 1.54) is 32.4 Å². The minimum atomic E-state index is -1.12. The van der Waals surface area contributed by atoms with Crippen LogP contribution in [0.4, 0.5) is 8.78 Å². The zero-order valence-electron chi connectivity index (χ0n) is 16.7. The molecule has 1 N–H and O–H groups in total. The van der Waals surface area contributed by atoms with Crippen molar-refractivity contribution in [3.8, 4) is 5.75 Å². The standard InChI is InChI=1S/C22H19F2NO6/c1-29-14-4-5-15-13(10-21(27)31-19(15)11-14)9-18(22(28)30-2)25-20(26)8-12-3-6-16(23)17(24)7-12/h3-7,10-11,18H,8-9H2,1-2H3,(H,25,26)/t18-/m1/s1. The van der Waals surface area contributed by atoms with Crippen LogP contribution in [-0.4, -0.2) is 32.1 Å². The number of fused-ring (bicyclic) bond motifs is 1. The zero-order valence-corrected chi connectivity index (χ0v) is 16.7. The van der Waals surface area contributed by atoms with Gasteiger partial charge in [-0.15, -0.1) is 0 Å². The molecule has 2 aromatic carbocycles. The van der Waals surface area contributed by atoms with Crippen LogP contribution in [0.3, 0.4) is 0 Å². The van der Waals surface area contributed by atoms with Crippen LogP contribution < -0.4 is 15.7 Å². The van der Waals surface area contributed by atoms with E-state index in [1.807, 2.05) is 0 Å². The Morgan fingerprint density at radius 2 is 1.84 bits per heavy atom. The Morgan fingerprint density at radius 3 is 2.52 bits per heavy atom. The van der Waals surface area contributed by atoms with Crippen molar-refractivity contribution >= 4 is 22.8 Å². The summed E-state index contributed by atoms with van der Waals surface area (Å²) in [5.41, 5.74) is 0.321. The maximum absolute atomic E-state index is 13.4. The van der Waals surface area contributed by atoms with Crippen LogP contribution in [0.15, 0.2) is 51.7 Å². The van der Waals surface area contributed by atoms with Gasteiger partial charge in [0.05, 0.1) is 20.6 Å². The smallest absolute Gasteiger partial charge is 0.336 e. The number of ether oxygens (including phenoxy) is 2. The van der Waals surface area contributed by atoms with Crippen molar-refractivity contribution in [3.63, 3.8) is 0 Å². The number of carbonyl (C=O) groups is 2. The highest BCUT2D eigenvalue weighted by Crippen LogP contribution is 2.23. The first-order chi connectivity index (χ1) is 14.8. The second kappa shape index (κ2) is 9.38. The molecule has 1 heterocycles. The van der Waals surface area contributed by atoms with E-state index in [1.54, 1.807) is 12.1 Å². The van der Waals surface area contributed by atoms with Gasteiger partial charge in [-0.05, 0) is 35.4 Å². The number of hydrogen-bond donors (Lipinski definition) is 1. The molecule has 7 nitrogen and oxygen atoms in total. The molecule has 0 saturated heterocycles. The molecular formula is C22H19F2NO6. The highest BCUT2D eigenvalue weighted by atomic mass is 19.2. The Labute approximate surface area is 175 Å². The third-order valence-electron chi connectivity index (χ3n) is 4.63. The van der Waals surface area contributed by atoms with Gasteiger partial charge >= 0.3 is 11.6 Å². The molecule has 162 valence electrons. The van der Waals surface area contributed by atoms with Gasteiger partial charge in [-0.3, -0.25) is 4.79 Å². The Kier molecular flexibility index (Phi) is 6.64. The molecule has 0 aliphatic carbocycles. The summed E-state index contributed by atoms with van der Waals surface area (Å²) in [6.07, 6.45) is -0.329. The minimum Gasteiger partial charge on any atom is -0.497 e. The number of rotatable bonds is 7. The molecule has 0 unspecified atom stereocenters. The minimum absolute atomic E-state index is 0.0510. The summed E-state index contributed by atoms with van der Waals surface area (Å²) in [5, 5.41) is 3.08. The van der Waals surface area contributed by atoms with Gasteiger partial charge in [0.2, 0.25) is 5.91 Å². The van der Waals surface area contributed by atoms with E-state index in [0.29, 0.717) is 16.7 Å². The van der Waals surface area contributed by atoms with Gasteiger partial charge in [-0.1, -0.05) is 6.07 Å². The Hall–Kier alpha value is -3.75. The maximum Gasteiger partial charge on any atom is 0.336 e. The average molecular weight is 431 g/mol. The van der Waals surface area contributed by atoms with Crippen molar-refractivity contribution in [2.75, 3.05) is 14.2 Å². The molecule has 0 radical (unpaired) electrons. The topological polar surface area (TPSA) is 94.8 Å². The van der Waals surface area contributed by atoms with E-state index in [-0.39, 0.29) is 24.0 Å². The lowest BCUT2D eigenvalue weighted by Crippen LogP contribution is -2.43. The van der Waals surface area contributed by atoms with Gasteiger partial charge in [0.1, 0.15) is 17.4 Å². The van der Waals surface area contributed by atoms with E-state index < -0.39 is 35.2 Å². The molecule has 0 saturated carbocycles. The van der Waals surface area contributed by atoms with E-state index in [4.69, 9.17) is 13.9 Å². The molecule has 0 aliphatic rings. The second-order valence-corrected chi connectivity index (χ2v) is 6.73. The molecule has 9 heteroatoms. The molecule has 0 spiro atoms. The van der Waals surface area contributed by atoms with E-state index in [0.717, 1.165) is 12.1 Å². The lowest BCUT2D eigenvalue weighted by Gasteiger charge is -2.17. The Morgan fingerprint density at radius 1 is 1.06 bits per heavy atom. The number of nitrogens with one attached hydrogen (secondary N) is 1. The number of halogens is 2. The van der Waals surface area contributed by atoms with Crippen LogP contribution in [0, 0.1) is 11.6 Å². The highest BCUT2D eigenvalue weighted by Gasteiger charge is 2.24. The predicted octanol–water partition coefficient (Wildman–Crippen LogP) is 2.52. The van der Waals surface area contributed by atoms with Gasteiger partial charge < -0.3 is 19.2 Å². The summed E-state index contributed by atoms with van der Waals surface area (Å²) >= 11 is 0. The summed E-state index contributed by atoms with van der Waals surface area (Å²) in [7, 11) is 2.64. The van der Waals surface area contributed by atoms with Gasteiger partial charge in [0.25, 0.3) is 0 Å². The van der Waals surface area contributed by atoms with Crippen molar-refractivity contribution in [1.82, 2.24) is 5.32 Å². The number of carbonyl (C=O) groups excluding carboxylic acids is 2. The summed E-state index contributed by atoms with van der Waals surface area (Å²) in [6, 6.07) is 8.08. The number of benzene rings is 2. The molecule has 1 amide bonds. The Bertz CT molecular complexity index is 1190. The van der Waals surface area contributed by atoms with Gasteiger partial charge in [0, 0.05) is 23.9 Å². The van der Waals surface area contributed by atoms with Gasteiger partial charge in [-0.25, -0.2) is 18.4 Å². The number of amides is 1. The SMILES string of the molecule is COC(=O)[C@@H](Cc1cc(=O)oc2cc(OC)ccc12)NC(=O)Cc1ccc(F)c(F)c1. The fourth-order valence-electron chi connectivity index (χ4n) is 3.14. The van der Waals surface area contributed by atoms with Crippen LogP contribution in [-0.2, 0) is 27.2 Å². The third kappa shape index (κ3) is 5.25. The fraction of sp³-hybridized carbons (Fsp3) is 0.227. The molecule has 0 fully saturated rings. The van der Waals surface area contributed by atoms with E-state index >= 15 is 0 Å². The van der Waals surface area contributed by atoms with Crippen LogP contribution in [0.25, 0.3) is 11.0 Å². The monoisotopic (exact) mass is 431 g/mol. The predicted molar refractivity (Wildman–Crippen MR) is 107 cm³/mol. The molecule has 1 atom stereocenters. The lowest BCUT2D eigenvalue weighted by molar-refractivity contribution is -0.145. The third-order valence-corrected chi connectivity index (χ3v) is 4.63. The summed E-state index contributed by atoms with van der Waals surface area (Å²) in [6.45, 7) is 0. The van der Waals surface area contributed by atoms with Crippen LogP contribution in [0.1, 0.15) is 11.1 Å². The maximum atomic E-state index is 13.4. The quantitative estimate of drug-likeness (QED) is 0.456. The Balaban J connectivity index is 1.85. The number of methoxy groups -OCH3 is 2. The van der Waals surface area contributed by atoms with Crippen molar-refractivity contribution in [3.05, 3.63) is 75.6 Å². The van der Waals surface area contributed by atoms with Crippen LogP contribution in [0.2, 0.25) is 0 Å². The van der Waals surface area contributed by atoms with Crippen molar-refractivity contribution < 1.29 is 32.3 Å². The second-order valence-electron chi connectivity index (χ2n) is 6.73. The molecule has 0 aliphatic heterocycles. The first-order valence-corrected chi connectivity index (χ1v) is 9.22. The van der Waals surface area contributed by atoms with E-state index in [2.05, 4.69) is 5.32 Å². The van der Waals surface area contributed by atoms with Gasteiger partial charge in [-0.2, -0.15) is 0 Å². The van der Waals surface area contributed by atoms with Crippen LogP contribution in [0.5, 0.6) is 5.75 Å². The molecule has 1 aromatic heterocycles. The molecule has 3 aromatic rings. The highest BCUT2D eigenvalue weighted by molar-refractivity contribution is 5.87. The number of esters is 1. The summed E-state index contributed by atoms with van der Waals surface area (Å²) in [4.78, 5) is 36.6. The first-order valence-electron chi connectivity index (χ1n) is 9.22. The molecule has 3 rings (SSSR count). The average Bonchev–Trinajstić information content (AvgIpc) is 2.74. The lowest BCUT2D eigenvalue weighted by atomic mass is 10.0. The zero-order chi connectivity index (χ0) is 22.5.